The maximum Gasteiger partial charge on any atom is 0.363 e. The summed E-state index contributed by atoms with van der Waals surface area (Å²) in [6.45, 7) is 6.20. The Balaban J connectivity index is 1.83. The lowest BCUT2D eigenvalue weighted by atomic mass is 10.1. The molecule has 0 saturated carbocycles. The summed E-state index contributed by atoms with van der Waals surface area (Å²) in [5, 5.41) is 0. The first kappa shape index (κ1) is 16.0. The van der Waals surface area contributed by atoms with Gasteiger partial charge >= 0.3 is 5.97 Å². The van der Waals surface area contributed by atoms with E-state index < -0.39 is 5.97 Å². The second kappa shape index (κ2) is 7.13. The number of esters is 1. The second-order valence-electron chi connectivity index (χ2n) is 5.47. The highest BCUT2D eigenvalue weighted by molar-refractivity contribution is 6.12. The number of anilines is 1. The zero-order chi connectivity index (χ0) is 16.9. The predicted octanol–water partition coefficient (Wildman–Crippen LogP) is 3.88. The molecule has 0 amide bonds. The van der Waals surface area contributed by atoms with Crippen LogP contribution in [0.4, 0.5) is 5.69 Å². The molecule has 0 aliphatic carbocycles. The summed E-state index contributed by atoms with van der Waals surface area (Å²) in [7, 11) is 0. The normalized spacial score (nSPS) is 15.3. The number of aliphatic imine (C=N–C) groups is 1. The van der Waals surface area contributed by atoms with E-state index in [1.807, 2.05) is 42.5 Å². The maximum absolute atomic E-state index is 12.0. The predicted molar refractivity (Wildman–Crippen MR) is 97.1 cm³/mol. The molecule has 0 N–H and O–H groups in total. The first-order valence-electron chi connectivity index (χ1n) is 8.14. The molecule has 122 valence electrons. The fourth-order valence-corrected chi connectivity index (χ4v) is 2.64. The van der Waals surface area contributed by atoms with Crippen molar-refractivity contribution in [2.75, 3.05) is 18.0 Å². The molecular weight excluding hydrogens is 300 g/mol. The third-order valence-electron chi connectivity index (χ3n) is 3.97. The van der Waals surface area contributed by atoms with Gasteiger partial charge in [0, 0.05) is 24.3 Å². The number of cyclic esters (lactones) is 1. The lowest BCUT2D eigenvalue weighted by Crippen LogP contribution is -2.21. The third kappa shape index (κ3) is 3.38. The number of ether oxygens (including phenoxy) is 1. The second-order valence-corrected chi connectivity index (χ2v) is 5.47. The number of nitrogens with zero attached hydrogens (tertiary/aromatic N) is 2. The van der Waals surface area contributed by atoms with Crippen molar-refractivity contribution in [3.8, 4) is 0 Å². The monoisotopic (exact) mass is 320 g/mol. The lowest BCUT2D eigenvalue weighted by Gasteiger charge is -2.20. The molecule has 2 aromatic carbocycles. The average molecular weight is 320 g/mol. The molecule has 0 aromatic heterocycles. The minimum absolute atomic E-state index is 0.324. The summed E-state index contributed by atoms with van der Waals surface area (Å²) in [6.07, 6.45) is 1.75. The van der Waals surface area contributed by atoms with Crippen LogP contribution in [-0.2, 0) is 9.53 Å². The van der Waals surface area contributed by atoms with E-state index in [2.05, 4.69) is 35.9 Å². The van der Waals surface area contributed by atoms with E-state index in [4.69, 9.17) is 4.74 Å². The van der Waals surface area contributed by atoms with Crippen molar-refractivity contribution in [1.29, 1.82) is 0 Å². The zero-order valence-electron chi connectivity index (χ0n) is 13.9. The van der Waals surface area contributed by atoms with Gasteiger partial charge in [0.2, 0.25) is 5.90 Å². The van der Waals surface area contributed by atoms with Crippen molar-refractivity contribution in [2.24, 2.45) is 4.99 Å². The van der Waals surface area contributed by atoms with Crippen LogP contribution in [0, 0.1) is 0 Å². The largest absolute Gasteiger partial charge is 0.402 e. The van der Waals surface area contributed by atoms with E-state index >= 15 is 0 Å². The molecule has 24 heavy (non-hydrogen) atoms. The van der Waals surface area contributed by atoms with Crippen LogP contribution < -0.4 is 4.90 Å². The molecule has 1 aliphatic rings. The molecular formula is C20H20N2O2. The molecule has 2 aromatic rings. The van der Waals surface area contributed by atoms with Crippen molar-refractivity contribution >= 4 is 23.6 Å². The number of carbonyl (C=O) groups excluding carboxylic acids is 1. The first-order chi connectivity index (χ1) is 11.7. The van der Waals surface area contributed by atoms with Gasteiger partial charge in [-0.2, -0.15) is 0 Å². The average Bonchev–Trinajstić information content (AvgIpc) is 2.99. The Morgan fingerprint density at radius 3 is 2.29 bits per heavy atom. The van der Waals surface area contributed by atoms with Crippen LogP contribution in [0.2, 0.25) is 0 Å². The molecule has 0 saturated heterocycles. The van der Waals surface area contributed by atoms with Gasteiger partial charge in [-0.1, -0.05) is 30.3 Å². The maximum atomic E-state index is 12.0. The fourth-order valence-electron chi connectivity index (χ4n) is 2.64. The molecule has 3 rings (SSSR count). The van der Waals surface area contributed by atoms with Crippen LogP contribution in [0.3, 0.4) is 0 Å². The Bertz CT molecular complexity index is 773. The highest BCUT2D eigenvalue weighted by Crippen LogP contribution is 2.21. The van der Waals surface area contributed by atoms with E-state index in [-0.39, 0.29) is 0 Å². The number of hydrogen-bond donors (Lipinski definition) is 0. The Morgan fingerprint density at radius 1 is 1.00 bits per heavy atom. The summed E-state index contributed by atoms with van der Waals surface area (Å²) in [5.74, 6) is -0.0618. The number of benzene rings is 2. The minimum Gasteiger partial charge on any atom is -0.402 e. The summed E-state index contributed by atoms with van der Waals surface area (Å²) >= 11 is 0. The van der Waals surface area contributed by atoms with Crippen molar-refractivity contribution in [1.82, 2.24) is 0 Å². The van der Waals surface area contributed by atoms with Gasteiger partial charge in [-0.25, -0.2) is 9.79 Å². The van der Waals surface area contributed by atoms with Gasteiger partial charge in [0.05, 0.1) is 0 Å². The smallest absolute Gasteiger partial charge is 0.363 e. The topological polar surface area (TPSA) is 41.9 Å². The number of rotatable bonds is 5. The van der Waals surface area contributed by atoms with Crippen LogP contribution in [0.1, 0.15) is 25.0 Å². The van der Waals surface area contributed by atoms with E-state index in [1.54, 1.807) is 6.08 Å². The fraction of sp³-hybridized carbons (Fsp3) is 0.200. The number of hydrogen-bond acceptors (Lipinski definition) is 4. The highest BCUT2D eigenvalue weighted by Gasteiger charge is 2.23. The Kier molecular flexibility index (Phi) is 4.75. The first-order valence-corrected chi connectivity index (χ1v) is 8.14. The van der Waals surface area contributed by atoms with Gasteiger partial charge in [0.1, 0.15) is 0 Å². The van der Waals surface area contributed by atoms with Gasteiger partial charge in [0.25, 0.3) is 0 Å². The zero-order valence-corrected chi connectivity index (χ0v) is 13.9. The molecule has 4 heteroatoms. The van der Waals surface area contributed by atoms with Crippen molar-refractivity contribution < 1.29 is 9.53 Å². The van der Waals surface area contributed by atoms with Crippen molar-refractivity contribution in [2.45, 2.75) is 13.8 Å². The molecule has 4 nitrogen and oxygen atoms in total. The Hall–Kier alpha value is -2.88. The Labute approximate surface area is 142 Å². The Morgan fingerprint density at radius 2 is 1.67 bits per heavy atom. The van der Waals surface area contributed by atoms with E-state index in [0.29, 0.717) is 11.6 Å². The summed E-state index contributed by atoms with van der Waals surface area (Å²) < 4.78 is 5.26. The van der Waals surface area contributed by atoms with Crippen molar-refractivity contribution in [3.05, 3.63) is 71.4 Å². The molecule has 0 atom stereocenters. The molecule has 0 fully saturated rings. The molecule has 1 heterocycles. The summed E-state index contributed by atoms with van der Waals surface area (Å²) in [4.78, 5) is 18.6. The minimum atomic E-state index is -0.415. The summed E-state index contributed by atoms with van der Waals surface area (Å²) in [6, 6.07) is 17.5. The van der Waals surface area contributed by atoms with E-state index in [1.165, 1.54) is 5.69 Å². The molecule has 1 aliphatic heterocycles. The standard InChI is InChI=1S/C20H20N2O2/c1-3-22(4-2)17-12-10-15(11-13-17)14-18-20(23)24-19(21-18)16-8-6-5-7-9-16/h5-14H,3-4H2,1-2H3/b18-14-. The van der Waals surface area contributed by atoms with Gasteiger partial charge < -0.3 is 9.64 Å². The summed E-state index contributed by atoms with van der Waals surface area (Å²) in [5.41, 5.74) is 3.22. The lowest BCUT2D eigenvalue weighted by molar-refractivity contribution is -0.129. The van der Waals surface area contributed by atoms with Crippen LogP contribution in [-0.4, -0.2) is 25.0 Å². The van der Waals surface area contributed by atoms with E-state index in [9.17, 15) is 4.79 Å². The molecule has 0 bridgehead atoms. The van der Waals surface area contributed by atoms with Gasteiger partial charge in [-0.05, 0) is 49.8 Å². The third-order valence-corrected chi connectivity index (χ3v) is 3.97. The quantitative estimate of drug-likeness (QED) is 0.620. The molecule has 0 unspecified atom stereocenters. The van der Waals surface area contributed by atoms with Gasteiger partial charge in [-0.15, -0.1) is 0 Å². The van der Waals surface area contributed by atoms with Crippen LogP contribution >= 0.6 is 0 Å². The molecule has 0 radical (unpaired) electrons. The SMILES string of the molecule is CCN(CC)c1ccc(/C=C2\N=C(c3ccccc3)OC2=O)cc1. The van der Waals surface area contributed by atoms with Gasteiger partial charge in [-0.3, -0.25) is 0 Å². The van der Waals surface area contributed by atoms with Crippen molar-refractivity contribution in [3.63, 3.8) is 0 Å². The highest BCUT2D eigenvalue weighted by atomic mass is 16.6. The van der Waals surface area contributed by atoms with Crippen LogP contribution in [0.25, 0.3) is 6.08 Å². The number of carbonyl (C=O) groups is 1. The van der Waals surface area contributed by atoms with Gasteiger partial charge in [0.15, 0.2) is 5.70 Å². The van der Waals surface area contributed by atoms with E-state index in [0.717, 1.165) is 24.2 Å². The van der Waals surface area contributed by atoms with Crippen LogP contribution in [0.5, 0.6) is 0 Å². The molecule has 0 spiro atoms. The van der Waals surface area contributed by atoms with Crippen LogP contribution in [0.15, 0.2) is 65.3 Å².